The number of alkyl halides is 3. The van der Waals surface area contributed by atoms with Crippen molar-refractivity contribution in [3.8, 4) is 11.4 Å². The summed E-state index contributed by atoms with van der Waals surface area (Å²) in [5.74, 6) is -1.65. The van der Waals surface area contributed by atoms with E-state index in [1.54, 1.807) is 0 Å². The van der Waals surface area contributed by atoms with Crippen LogP contribution < -0.4 is 4.72 Å². The van der Waals surface area contributed by atoms with Crippen molar-refractivity contribution in [2.75, 3.05) is 7.11 Å². The molecule has 25 heavy (non-hydrogen) atoms. The zero-order chi connectivity index (χ0) is 18.2. The van der Waals surface area contributed by atoms with Gasteiger partial charge in [0.15, 0.2) is 0 Å². The molecule has 1 atom stereocenters. The first-order valence-corrected chi connectivity index (χ1v) is 8.80. The third-order valence-electron chi connectivity index (χ3n) is 3.61. The Labute approximate surface area is 141 Å². The number of hydrogen-bond acceptors (Lipinski definition) is 6. The van der Waals surface area contributed by atoms with E-state index in [9.17, 15) is 21.6 Å². The SMILES string of the molecule is COC(NS(=O)(=O)C1CC1)c1ccc(-c2noc(C(F)(F)F)n2)cc1. The monoisotopic (exact) mass is 377 g/mol. The largest absolute Gasteiger partial charge is 0.471 e. The number of hydrogen-bond donors (Lipinski definition) is 1. The van der Waals surface area contributed by atoms with Crippen LogP contribution in [0.3, 0.4) is 0 Å². The number of ether oxygens (including phenoxy) is 1. The predicted octanol–water partition coefficient (Wildman–Crippen LogP) is 2.48. The van der Waals surface area contributed by atoms with E-state index in [0.717, 1.165) is 0 Å². The molecular weight excluding hydrogens is 363 g/mol. The summed E-state index contributed by atoms with van der Waals surface area (Å²) in [5.41, 5.74) is 0.790. The lowest BCUT2D eigenvalue weighted by Crippen LogP contribution is -2.32. The fourth-order valence-electron chi connectivity index (χ4n) is 2.14. The second kappa shape index (κ2) is 6.39. The normalized spacial score (nSPS) is 16.8. The van der Waals surface area contributed by atoms with Gasteiger partial charge in [-0.25, -0.2) is 8.42 Å². The van der Waals surface area contributed by atoms with Gasteiger partial charge in [0.05, 0.1) is 5.25 Å². The van der Waals surface area contributed by atoms with E-state index in [-0.39, 0.29) is 5.82 Å². The maximum Gasteiger partial charge on any atom is 0.471 e. The lowest BCUT2D eigenvalue weighted by Gasteiger charge is -2.17. The summed E-state index contributed by atoms with van der Waals surface area (Å²) < 4.78 is 73.2. The summed E-state index contributed by atoms with van der Waals surface area (Å²) in [6, 6.07) is 5.95. The van der Waals surface area contributed by atoms with Gasteiger partial charge in [-0.3, -0.25) is 0 Å². The molecule has 136 valence electrons. The van der Waals surface area contributed by atoms with E-state index in [2.05, 4.69) is 19.4 Å². The van der Waals surface area contributed by atoms with Gasteiger partial charge in [0.25, 0.3) is 0 Å². The molecule has 0 bridgehead atoms. The molecule has 0 saturated heterocycles. The molecule has 1 saturated carbocycles. The van der Waals surface area contributed by atoms with Crippen molar-refractivity contribution in [2.45, 2.75) is 30.5 Å². The Bertz CT molecular complexity index is 845. The van der Waals surface area contributed by atoms with E-state index in [1.807, 2.05) is 0 Å². The fourth-order valence-corrected chi connectivity index (χ4v) is 3.62. The summed E-state index contributed by atoms with van der Waals surface area (Å²) in [6.07, 6.45) is -4.38. The van der Waals surface area contributed by atoms with Crippen molar-refractivity contribution in [2.24, 2.45) is 0 Å². The maximum atomic E-state index is 12.5. The van der Waals surface area contributed by atoms with Gasteiger partial charge in [-0.2, -0.15) is 22.9 Å². The maximum absolute atomic E-state index is 12.5. The Morgan fingerprint density at radius 3 is 2.40 bits per heavy atom. The minimum atomic E-state index is -4.71. The van der Waals surface area contributed by atoms with Crippen molar-refractivity contribution in [3.63, 3.8) is 0 Å². The summed E-state index contributed by atoms with van der Waals surface area (Å²) in [7, 11) is -2.11. The molecule has 7 nitrogen and oxygen atoms in total. The van der Waals surface area contributed by atoms with E-state index in [0.29, 0.717) is 24.0 Å². The molecule has 1 aliphatic carbocycles. The van der Waals surface area contributed by atoms with Gasteiger partial charge in [-0.15, -0.1) is 0 Å². The summed E-state index contributed by atoms with van der Waals surface area (Å²) in [4.78, 5) is 3.29. The number of benzene rings is 1. The number of rotatable bonds is 6. The Kier molecular flexibility index (Phi) is 4.56. The third-order valence-corrected chi connectivity index (χ3v) is 5.50. The molecule has 1 aliphatic rings. The third kappa shape index (κ3) is 3.99. The van der Waals surface area contributed by atoms with Crippen molar-refractivity contribution in [3.05, 3.63) is 35.7 Å². The van der Waals surface area contributed by atoms with Crippen LogP contribution in [-0.2, 0) is 20.9 Å². The Hall–Kier alpha value is -1.98. The molecule has 2 aromatic rings. The van der Waals surface area contributed by atoms with Crippen molar-refractivity contribution < 1.29 is 30.8 Å². The highest BCUT2D eigenvalue weighted by molar-refractivity contribution is 7.90. The van der Waals surface area contributed by atoms with Crippen molar-refractivity contribution in [1.29, 1.82) is 0 Å². The second-order valence-corrected chi connectivity index (χ2v) is 7.51. The smallest absolute Gasteiger partial charge is 0.361 e. The first-order valence-electron chi connectivity index (χ1n) is 7.26. The number of halogens is 3. The molecule has 1 N–H and O–H groups in total. The van der Waals surface area contributed by atoms with Crippen molar-refractivity contribution in [1.82, 2.24) is 14.9 Å². The van der Waals surface area contributed by atoms with Crippen LogP contribution in [0.4, 0.5) is 13.2 Å². The quantitative estimate of drug-likeness (QED) is 0.778. The summed E-state index contributed by atoms with van der Waals surface area (Å²) in [5, 5.41) is 2.89. The van der Waals surface area contributed by atoms with Crippen LogP contribution in [0.15, 0.2) is 28.8 Å². The molecule has 1 fully saturated rings. The topological polar surface area (TPSA) is 94.3 Å². The van der Waals surface area contributed by atoms with Gasteiger partial charge in [-0.05, 0) is 18.4 Å². The van der Waals surface area contributed by atoms with Gasteiger partial charge in [0.1, 0.15) is 6.23 Å². The number of nitrogens with zero attached hydrogens (tertiary/aromatic N) is 2. The van der Waals surface area contributed by atoms with Crippen molar-refractivity contribution >= 4 is 10.0 Å². The minimum absolute atomic E-state index is 0.216. The molecule has 1 unspecified atom stereocenters. The van der Waals surface area contributed by atoms with Crippen LogP contribution in [-0.4, -0.2) is 30.9 Å². The summed E-state index contributed by atoms with van der Waals surface area (Å²) >= 11 is 0. The zero-order valence-corrected chi connectivity index (χ0v) is 13.8. The lowest BCUT2D eigenvalue weighted by molar-refractivity contribution is -0.159. The van der Waals surface area contributed by atoms with Gasteiger partial charge < -0.3 is 9.26 Å². The number of sulfonamides is 1. The number of methoxy groups -OCH3 is 1. The van der Waals surface area contributed by atoms with Crippen LogP contribution in [0.1, 0.15) is 30.5 Å². The standard InChI is InChI=1S/C14H14F3N3O4S/c1-23-12(20-25(21,22)10-6-7-10)9-4-2-8(3-5-9)11-18-13(24-19-11)14(15,16)17/h2-5,10,12,20H,6-7H2,1H3. The molecule has 0 radical (unpaired) electrons. The molecule has 3 rings (SSSR count). The Morgan fingerprint density at radius 2 is 1.92 bits per heavy atom. The minimum Gasteiger partial charge on any atom is -0.361 e. The van der Waals surface area contributed by atoms with E-state index >= 15 is 0 Å². The van der Waals surface area contributed by atoms with Crippen LogP contribution in [0, 0.1) is 0 Å². The Balaban J connectivity index is 1.78. The molecular formula is C14H14F3N3O4S. The van der Waals surface area contributed by atoms with Gasteiger partial charge in [0.2, 0.25) is 15.8 Å². The van der Waals surface area contributed by atoms with Crippen LogP contribution in [0.2, 0.25) is 0 Å². The van der Waals surface area contributed by atoms with Gasteiger partial charge in [-0.1, -0.05) is 29.4 Å². The summed E-state index contributed by atoms with van der Waals surface area (Å²) in [6.45, 7) is 0. The highest BCUT2D eigenvalue weighted by atomic mass is 32.2. The van der Waals surface area contributed by atoms with E-state index in [4.69, 9.17) is 4.74 Å². The number of nitrogens with one attached hydrogen (secondary N) is 1. The average Bonchev–Trinajstić information content (AvgIpc) is 3.30. The molecule has 1 heterocycles. The molecule has 1 aromatic heterocycles. The molecule has 0 aliphatic heterocycles. The highest BCUT2D eigenvalue weighted by Crippen LogP contribution is 2.31. The fraction of sp³-hybridized carbons (Fsp3) is 0.429. The number of aromatic nitrogens is 2. The molecule has 1 aromatic carbocycles. The van der Waals surface area contributed by atoms with E-state index in [1.165, 1.54) is 31.4 Å². The van der Waals surface area contributed by atoms with Crippen LogP contribution in [0.5, 0.6) is 0 Å². The molecule has 0 amide bonds. The zero-order valence-electron chi connectivity index (χ0n) is 12.9. The first-order chi connectivity index (χ1) is 11.7. The van der Waals surface area contributed by atoms with Gasteiger partial charge >= 0.3 is 12.1 Å². The second-order valence-electron chi connectivity index (χ2n) is 5.52. The predicted molar refractivity (Wildman–Crippen MR) is 79.6 cm³/mol. The average molecular weight is 377 g/mol. The Morgan fingerprint density at radius 1 is 1.28 bits per heavy atom. The highest BCUT2D eigenvalue weighted by Gasteiger charge is 2.39. The first kappa shape index (κ1) is 17.8. The lowest BCUT2D eigenvalue weighted by atomic mass is 10.1. The molecule has 11 heteroatoms. The molecule has 0 spiro atoms. The van der Waals surface area contributed by atoms with E-state index < -0.39 is 33.6 Å². The van der Waals surface area contributed by atoms with Crippen LogP contribution in [0.25, 0.3) is 11.4 Å². The van der Waals surface area contributed by atoms with Gasteiger partial charge in [0, 0.05) is 12.7 Å². The van der Waals surface area contributed by atoms with Crippen LogP contribution >= 0.6 is 0 Å².